The number of likely N-dealkylation sites (tertiary alicyclic amines) is 1. The molecule has 0 aromatic carbocycles. The highest BCUT2D eigenvalue weighted by molar-refractivity contribution is 5.92. The molecule has 4 rings (SSSR count). The Hall–Kier alpha value is -1.89. The zero-order chi connectivity index (χ0) is 16.8. The number of carbonyl (C=O) groups is 2. The molecule has 0 radical (unpaired) electrons. The van der Waals surface area contributed by atoms with Crippen molar-refractivity contribution >= 4 is 11.8 Å². The van der Waals surface area contributed by atoms with E-state index in [2.05, 4.69) is 17.3 Å². The molecule has 1 aromatic heterocycles. The van der Waals surface area contributed by atoms with Gasteiger partial charge in [0.15, 0.2) is 0 Å². The Labute approximate surface area is 141 Å². The molecule has 1 N–H and O–H groups in total. The monoisotopic (exact) mass is 332 g/mol. The molecule has 5 atom stereocenters. The molecule has 0 bridgehead atoms. The van der Waals surface area contributed by atoms with Crippen LogP contribution in [0.1, 0.15) is 23.8 Å². The van der Waals surface area contributed by atoms with Gasteiger partial charge in [0.05, 0.1) is 12.7 Å². The molecule has 7 nitrogen and oxygen atoms in total. The fourth-order valence-corrected chi connectivity index (χ4v) is 4.00. The average molecular weight is 332 g/mol. The van der Waals surface area contributed by atoms with E-state index in [1.807, 2.05) is 4.90 Å². The van der Waals surface area contributed by atoms with Crippen molar-refractivity contribution in [3.8, 4) is 0 Å². The fraction of sp³-hybridized carbons (Fsp3) is 0.706. The Balaban J connectivity index is 1.32. The van der Waals surface area contributed by atoms with Gasteiger partial charge in [-0.3, -0.25) is 14.3 Å². The van der Waals surface area contributed by atoms with E-state index >= 15 is 0 Å². The summed E-state index contributed by atoms with van der Waals surface area (Å²) < 4.78 is 7.45. The first kappa shape index (κ1) is 15.6. The molecular weight excluding hydrogens is 308 g/mol. The molecule has 3 heterocycles. The van der Waals surface area contributed by atoms with Crippen molar-refractivity contribution in [3.63, 3.8) is 0 Å². The zero-order valence-corrected chi connectivity index (χ0v) is 14.1. The van der Waals surface area contributed by atoms with Gasteiger partial charge in [0, 0.05) is 50.6 Å². The number of hydrogen-bond acceptors (Lipinski definition) is 4. The second kappa shape index (κ2) is 5.88. The standard InChI is InChI=1S/C17H24N4O3/c1-10-5-12(10)17(23)21-7-13-11(9-24-15(13)8-21)6-18-16(22)14-3-4-19-20(14)2/h3-4,10-13,15H,5-9H2,1-2H3,(H,18,22)/t10?,11-,12?,13+,15+/m0/s1. The first-order valence-electron chi connectivity index (χ1n) is 8.71. The third kappa shape index (κ3) is 2.70. The summed E-state index contributed by atoms with van der Waals surface area (Å²) in [5, 5.41) is 7.00. The maximum atomic E-state index is 12.4. The summed E-state index contributed by atoms with van der Waals surface area (Å²) >= 11 is 0. The van der Waals surface area contributed by atoms with Gasteiger partial charge in [-0.05, 0) is 18.4 Å². The van der Waals surface area contributed by atoms with Gasteiger partial charge < -0.3 is 15.0 Å². The Morgan fingerprint density at radius 3 is 2.88 bits per heavy atom. The van der Waals surface area contributed by atoms with Gasteiger partial charge in [-0.25, -0.2) is 0 Å². The zero-order valence-electron chi connectivity index (χ0n) is 14.1. The number of hydrogen-bond donors (Lipinski definition) is 1. The molecule has 0 spiro atoms. The summed E-state index contributed by atoms with van der Waals surface area (Å²) in [5.41, 5.74) is 0.552. The Morgan fingerprint density at radius 2 is 2.21 bits per heavy atom. The second-order valence-electron chi connectivity index (χ2n) is 7.41. The summed E-state index contributed by atoms with van der Waals surface area (Å²) in [6.07, 6.45) is 2.76. The van der Waals surface area contributed by atoms with Crippen LogP contribution >= 0.6 is 0 Å². The van der Waals surface area contributed by atoms with Crippen LogP contribution in [0.5, 0.6) is 0 Å². The minimum absolute atomic E-state index is 0.115. The van der Waals surface area contributed by atoms with Gasteiger partial charge in [-0.1, -0.05) is 6.92 Å². The van der Waals surface area contributed by atoms with Crippen LogP contribution in [-0.2, 0) is 16.6 Å². The van der Waals surface area contributed by atoms with Gasteiger partial charge in [-0.15, -0.1) is 0 Å². The van der Waals surface area contributed by atoms with Crippen LogP contribution in [0.3, 0.4) is 0 Å². The quantitative estimate of drug-likeness (QED) is 0.859. The number of aryl methyl sites for hydroxylation is 1. The molecule has 2 saturated heterocycles. The largest absolute Gasteiger partial charge is 0.376 e. The summed E-state index contributed by atoms with van der Waals surface area (Å²) in [5.74, 6) is 1.53. The first-order chi connectivity index (χ1) is 11.5. The van der Waals surface area contributed by atoms with Crippen LogP contribution in [-0.4, -0.2) is 58.8 Å². The van der Waals surface area contributed by atoms with Crippen LogP contribution in [0.2, 0.25) is 0 Å². The van der Waals surface area contributed by atoms with E-state index in [-0.39, 0.29) is 29.8 Å². The normalized spacial score (nSPS) is 34.2. The highest BCUT2D eigenvalue weighted by atomic mass is 16.5. The molecule has 1 aromatic rings. The molecule has 1 aliphatic carbocycles. The number of aromatic nitrogens is 2. The van der Waals surface area contributed by atoms with Crippen molar-refractivity contribution in [1.29, 1.82) is 0 Å². The minimum atomic E-state index is -0.115. The SMILES string of the molecule is CC1CC1C(=O)N1C[C@@H]2[C@@H](CNC(=O)c3ccnn3C)CO[C@@H]2C1. The van der Waals surface area contributed by atoms with Crippen LogP contribution < -0.4 is 5.32 Å². The molecule has 2 unspecified atom stereocenters. The van der Waals surface area contributed by atoms with E-state index in [0.717, 1.165) is 13.0 Å². The van der Waals surface area contributed by atoms with Crippen molar-refractivity contribution in [2.24, 2.45) is 30.7 Å². The van der Waals surface area contributed by atoms with Crippen molar-refractivity contribution in [1.82, 2.24) is 20.0 Å². The van der Waals surface area contributed by atoms with E-state index in [9.17, 15) is 9.59 Å². The van der Waals surface area contributed by atoms with E-state index < -0.39 is 0 Å². The van der Waals surface area contributed by atoms with Crippen molar-refractivity contribution in [2.45, 2.75) is 19.4 Å². The number of nitrogens with one attached hydrogen (secondary N) is 1. The Kier molecular flexibility index (Phi) is 3.83. The molecule has 2 amide bonds. The van der Waals surface area contributed by atoms with Gasteiger partial charge in [0.25, 0.3) is 5.91 Å². The highest BCUT2D eigenvalue weighted by Crippen LogP contribution is 2.41. The lowest BCUT2D eigenvalue weighted by Gasteiger charge is -2.20. The maximum absolute atomic E-state index is 12.4. The fourth-order valence-electron chi connectivity index (χ4n) is 4.00. The average Bonchev–Trinajstić information content (AvgIpc) is 2.94. The van der Waals surface area contributed by atoms with Crippen LogP contribution in [0.25, 0.3) is 0 Å². The van der Waals surface area contributed by atoms with Gasteiger partial charge in [0.2, 0.25) is 5.91 Å². The molecule has 3 fully saturated rings. The maximum Gasteiger partial charge on any atom is 0.269 e. The van der Waals surface area contributed by atoms with Crippen molar-refractivity contribution in [2.75, 3.05) is 26.2 Å². The van der Waals surface area contributed by atoms with E-state index in [0.29, 0.717) is 37.2 Å². The predicted octanol–water partition coefficient (Wildman–Crippen LogP) is 0.279. The lowest BCUT2D eigenvalue weighted by molar-refractivity contribution is -0.132. The summed E-state index contributed by atoms with van der Waals surface area (Å²) in [4.78, 5) is 26.6. The van der Waals surface area contributed by atoms with Gasteiger partial charge in [0.1, 0.15) is 5.69 Å². The van der Waals surface area contributed by atoms with Crippen LogP contribution in [0.15, 0.2) is 12.3 Å². The van der Waals surface area contributed by atoms with E-state index in [1.54, 1.807) is 24.0 Å². The number of fused-ring (bicyclic) bond motifs is 1. The topological polar surface area (TPSA) is 76.5 Å². The minimum Gasteiger partial charge on any atom is -0.376 e. The predicted molar refractivity (Wildman–Crippen MR) is 86.1 cm³/mol. The number of amides is 2. The number of carbonyl (C=O) groups excluding carboxylic acids is 2. The molecule has 3 aliphatic rings. The molecule has 130 valence electrons. The molecule has 7 heteroatoms. The Morgan fingerprint density at radius 1 is 1.42 bits per heavy atom. The van der Waals surface area contributed by atoms with Gasteiger partial charge in [-0.2, -0.15) is 5.10 Å². The van der Waals surface area contributed by atoms with Crippen molar-refractivity contribution in [3.05, 3.63) is 18.0 Å². The van der Waals surface area contributed by atoms with Crippen LogP contribution in [0.4, 0.5) is 0 Å². The Bertz CT molecular complexity index is 658. The highest BCUT2D eigenvalue weighted by Gasteiger charge is 2.49. The molecule has 2 aliphatic heterocycles. The van der Waals surface area contributed by atoms with E-state index in [1.165, 1.54) is 0 Å². The second-order valence-corrected chi connectivity index (χ2v) is 7.41. The summed E-state index contributed by atoms with van der Waals surface area (Å²) in [7, 11) is 1.75. The van der Waals surface area contributed by atoms with Gasteiger partial charge >= 0.3 is 0 Å². The molecular formula is C17H24N4O3. The number of nitrogens with zero attached hydrogens (tertiary/aromatic N) is 3. The van der Waals surface area contributed by atoms with Crippen LogP contribution in [0, 0.1) is 23.7 Å². The first-order valence-corrected chi connectivity index (χ1v) is 8.71. The third-order valence-electron chi connectivity index (χ3n) is 5.76. The third-order valence-corrected chi connectivity index (χ3v) is 5.76. The molecule has 1 saturated carbocycles. The number of ether oxygens (including phenoxy) is 1. The smallest absolute Gasteiger partial charge is 0.269 e. The van der Waals surface area contributed by atoms with E-state index in [4.69, 9.17) is 4.74 Å². The molecule has 24 heavy (non-hydrogen) atoms. The van der Waals surface area contributed by atoms with Crippen molar-refractivity contribution < 1.29 is 14.3 Å². The summed E-state index contributed by atoms with van der Waals surface area (Å²) in [6, 6.07) is 1.70. The summed E-state index contributed by atoms with van der Waals surface area (Å²) in [6.45, 7) is 4.83. The lowest BCUT2D eigenvalue weighted by Crippen LogP contribution is -2.36. The lowest BCUT2D eigenvalue weighted by atomic mass is 9.93. The number of rotatable bonds is 4.